The minimum Gasteiger partial charge on any atom is -0.361 e. The Morgan fingerprint density at radius 3 is 1.33 bits per heavy atom. The second-order valence-corrected chi connectivity index (χ2v) is 1.99. The van der Waals surface area contributed by atoms with Crippen molar-refractivity contribution in [2.24, 2.45) is 10.2 Å². The molecule has 6 nitrogen and oxygen atoms in total. The number of rotatable bonds is 4. The van der Waals surface area contributed by atoms with Crippen LogP contribution in [0.5, 0.6) is 0 Å². The molecule has 0 aromatic rings. The molecule has 1 atom stereocenters. The molecule has 0 aromatic carbocycles. The standard InChI is InChI=1S/C4H10N2O.C3H6N2O.4C2H6/c1-4(7-3)6-5-2;1-3(6)5-4-2;4*1-2/h4,6H,2H2,1,3H3;2H2,1H3,(H,5,6);4*1-2H3. The maximum atomic E-state index is 9.80. The fourth-order valence-corrected chi connectivity index (χ4v) is 0.293. The van der Waals surface area contributed by atoms with E-state index in [1.165, 1.54) is 6.92 Å². The summed E-state index contributed by atoms with van der Waals surface area (Å²) in [5, 5.41) is 6.47. The SMILES string of the molecule is C=NNC(C)=O.C=NNC(C)OC.CC.CC.CC.CC. The summed E-state index contributed by atoms with van der Waals surface area (Å²) in [5.74, 6) is -0.190. The third kappa shape index (κ3) is 118. The number of carbonyl (C=O) groups excluding carboxylic acids is 1. The van der Waals surface area contributed by atoms with Crippen LogP contribution >= 0.6 is 0 Å². The van der Waals surface area contributed by atoms with Crippen molar-refractivity contribution in [2.45, 2.75) is 75.5 Å². The van der Waals surface area contributed by atoms with Gasteiger partial charge in [0.1, 0.15) is 6.23 Å². The first-order valence-corrected chi connectivity index (χ1v) is 7.54. The highest BCUT2D eigenvalue weighted by atomic mass is 16.5. The number of carbonyl (C=O) groups is 1. The van der Waals surface area contributed by atoms with E-state index in [2.05, 4.69) is 34.5 Å². The Morgan fingerprint density at radius 1 is 0.952 bits per heavy atom. The van der Waals surface area contributed by atoms with Crippen LogP contribution in [0.4, 0.5) is 0 Å². The topological polar surface area (TPSA) is 75.1 Å². The van der Waals surface area contributed by atoms with E-state index in [0.717, 1.165) is 0 Å². The van der Waals surface area contributed by atoms with Crippen LogP contribution in [0, 0.1) is 0 Å². The smallest absolute Gasteiger partial charge is 0.236 e. The Morgan fingerprint density at radius 2 is 1.29 bits per heavy atom. The zero-order valence-electron chi connectivity index (χ0n) is 16.2. The number of methoxy groups -OCH3 is 1. The van der Waals surface area contributed by atoms with Crippen molar-refractivity contribution in [3.63, 3.8) is 0 Å². The zero-order chi connectivity index (χ0) is 18.7. The predicted octanol–water partition coefficient (Wildman–Crippen LogP) is 4.03. The van der Waals surface area contributed by atoms with Crippen molar-refractivity contribution >= 4 is 19.3 Å². The van der Waals surface area contributed by atoms with Crippen LogP contribution < -0.4 is 10.9 Å². The van der Waals surface area contributed by atoms with Gasteiger partial charge in [0.15, 0.2) is 0 Å². The zero-order valence-corrected chi connectivity index (χ0v) is 16.2. The van der Waals surface area contributed by atoms with Gasteiger partial charge in [-0.1, -0.05) is 55.4 Å². The quantitative estimate of drug-likeness (QED) is 0.468. The molecule has 0 bridgehead atoms. The Kier molecular flexibility index (Phi) is 109. The lowest BCUT2D eigenvalue weighted by molar-refractivity contribution is -0.118. The van der Waals surface area contributed by atoms with Crippen LogP contribution in [0.15, 0.2) is 10.2 Å². The fourth-order valence-electron chi connectivity index (χ4n) is 0.293. The molecule has 0 aromatic heterocycles. The summed E-state index contributed by atoms with van der Waals surface area (Å²) in [7, 11) is 1.60. The molecular weight excluding hydrogens is 268 g/mol. The first-order valence-electron chi connectivity index (χ1n) is 7.54. The minimum absolute atomic E-state index is 0.0301. The Hall–Kier alpha value is -1.43. The molecule has 6 heteroatoms. The van der Waals surface area contributed by atoms with Gasteiger partial charge in [-0.25, -0.2) is 5.43 Å². The number of hydrogen-bond acceptors (Lipinski definition) is 5. The molecule has 132 valence electrons. The Labute approximate surface area is 133 Å². The van der Waals surface area contributed by atoms with Gasteiger partial charge < -0.3 is 4.74 Å². The third-order valence-electron chi connectivity index (χ3n) is 0.863. The highest BCUT2D eigenvalue weighted by molar-refractivity contribution is 5.72. The molecule has 1 unspecified atom stereocenters. The first-order chi connectivity index (χ1) is 10.1. The molecule has 0 radical (unpaired) electrons. The maximum Gasteiger partial charge on any atom is 0.236 e. The van der Waals surface area contributed by atoms with Gasteiger partial charge in [-0.3, -0.25) is 10.2 Å². The summed E-state index contributed by atoms with van der Waals surface area (Å²) < 4.78 is 4.75. The van der Waals surface area contributed by atoms with Crippen LogP contribution in [0.1, 0.15) is 69.2 Å². The van der Waals surface area contributed by atoms with Gasteiger partial charge in [-0.15, -0.1) is 0 Å². The summed E-state index contributed by atoms with van der Waals surface area (Å²) in [6.07, 6.45) is -0.0301. The van der Waals surface area contributed by atoms with E-state index < -0.39 is 0 Å². The molecule has 0 aliphatic rings. The number of hydrazone groups is 2. The van der Waals surface area contributed by atoms with Crippen LogP contribution in [0.2, 0.25) is 0 Å². The average molecular weight is 309 g/mol. The summed E-state index contributed by atoms with van der Waals surface area (Å²) in [5.41, 5.74) is 4.67. The lowest BCUT2D eigenvalue weighted by Gasteiger charge is -2.05. The normalized spacial score (nSPS) is 7.38. The van der Waals surface area contributed by atoms with Gasteiger partial charge in [-0.2, -0.15) is 10.2 Å². The molecule has 0 aliphatic heterocycles. The number of amides is 1. The lowest BCUT2D eigenvalue weighted by Crippen LogP contribution is -2.21. The van der Waals surface area contributed by atoms with Crippen LogP contribution in [0.25, 0.3) is 0 Å². The summed E-state index contributed by atoms with van der Waals surface area (Å²) in [4.78, 5) is 9.80. The van der Waals surface area contributed by atoms with Crippen molar-refractivity contribution in [1.29, 1.82) is 0 Å². The average Bonchev–Trinajstić information content (AvgIpc) is 2.55. The van der Waals surface area contributed by atoms with Gasteiger partial charge in [0.25, 0.3) is 0 Å². The number of hydrogen-bond donors (Lipinski definition) is 2. The van der Waals surface area contributed by atoms with Crippen molar-refractivity contribution < 1.29 is 9.53 Å². The van der Waals surface area contributed by atoms with Crippen molar-refractivity contribution in [3.05, 3.63) is 0 Å². The van der Waals surface area contributed by atoms with E-state index in [0.29, 0.717) is 0 Å². The second-order valence-electron chi connectivity index (χ2n) is 1.99. The van der Waals surface area contributed by atoms with Gasteiger partial charge in [0.05, 0.1) is 0 Å². The second kappa shape index (κ2) is 62.6. The number of ether oxygens (including phenoxy) is 1. The molecule has 0 fully saturated rings. The maximum absolute atomic E-state index is 9.80. The lowest BCUT2D eigenvalue weighted by atomic mass is 10.7. The largest absolute Gasteiger partial charge is 0.361 e. The van der Waals surface area contributed by atoms with E-state index in [4.69, 9.17) is 4.74 Å². The molecule has 2 N–H and O–H groups in total. The van der Waals surface area contributed by atoms with E-state index in [-0.39, 0.29) is 12.1 Å². The number of nitrogens with one attached hydrogen (secondary N) is 2. The highest BCUT2D eigenvalue weighted by Gasteiger charge is 1.88. The molecule has 0 rings (SSSR count). The van der Waals surface area contributed by atoms with E-state index in [9.17, 15) is 4.79 Å². The summed E-state index contributed by atoms with van der Waals surface area (Å²) in [6, 6.07) is 0. The van der Waals surface area contributed by atoms with E-state index in [1.54, 1.807) is 7.11 Å². The molecule has 0 saturated heterocycles. The monoisotopic (exact) mass is 308 g/mol. The molecule has 1 amide bonds. The molecular formula is C15H40N4O2. The van der Waals surface area contributed by atoms with Crippen LogP contribution in [0.3, 0.4) is 0 Å². The fraction of sp³-hybridized carbons (Fsp3) is 0.800. The molecule has 0 saturated carbocycles. The van der Waals surface area contributed by atoms with Gasteiger partial charge in [-0.05, 0) is 6.92 Å². The predicted molar refractivity (Wildman–Crippen MR) is 97.9 cm³/mol. The first kappa shape index (κ1) is 36.6. The number of nitrogens with zero attached hydrogens (tertiary/aromatic N) is 2. The Bertz CT molecular complexity index is 166. The van der Waals surface area contributed by atoms with Crippen LogP contribution in [-0.2, 0) is 9.53 Å². The summed E-state index contributed by atoms with van der Waals surface area (Å²) in [6.45, 7) is 25.4. The molecule has 0 spiro atoms. The van der Waals surface area contributed by atoms with Gasteiger partial charge in [0, 0.05) is 27.5 Å². The summed E-state index contributed by atoms with van der Waals surface area (Å²) >= 11 is 0. The third-order valence-corrected chi connectivity index (χ3v) is 0.863. The molecule has 21 heavy (non-hydrogen) atoms. The van der Waals surface area contributed by atoms with Gasteiger partial charge >= 0.3 is 0 Å². The Balaban J connectivity index is -0.0000000365. The van der Waals surface area contributed by atoms with E-state index in [1.807, 2.05) is 62.3 Å². The van der Waals surface area contributed by atoms with Crippen molar-refractivity contribution in [2.75, 3.05) is 7.11 Å². The minimum atomic E-state index is -0.190. The molecule has 0 heterocycles. The molecule has 0 aliphatic carbocycles. The van der Waals surface area contributed by atoms with Crippen molar-refractivity contribution in [1.82, 2.24) is 10.9 Å². The van der Waals surface area contributed by atoms with Gasteiger partial charge in [0.2, 0.25) is 5.91 Å². The highest BCUT2D eigenvalue weighted by Crippen LogP contribution is 1.76. The van der Waals surface area contributed by atoms with E-state index >= 15 is 0 Å². The van der Waals surface area contributed by atoms with Crippen molar-refractivity contribution in [3.8, 4) is 0 Å². The van der Waals surface area contributed by atoms with Crippen LogP contribution in [-0.4, -0.2) is 32.7 Å².